The molecule has 0 unspecified atom stereocenters. The van der Waals surface area contributed by atoms with Gasteiger partial charge in [-0.25, -0.2) is 9.97 Å². The van der Waals surface area contributed by atoms with E-state index in [1.807, 2.05) is 29.8 Å². The van der Waals surface area contributed by atoms with Crippen LogP contribution >= 0.6 is 0 Å². The third kappa shape index (κ3) is 1.37. The van der Waals surface area contributed by atoms with Crippen LogP contribution in [0.5, 0.6) is 0 Å². The molecule has 3 nitrogen and oxygen atoms in total. The molecule has 0 spiro atoms. The van der Waals surface area contributed by atoms with Crippen molar-refractivity contribution in [3.8, 4) is 5.82 Å². The summed E-state index contributed by atoms with van der Waals surface area (Å²) in [4.78, 5) is 8.60. The molecule has 0 fully saturated rings. The summed E-state index contributed by atoms with van der Waals surface area (Å²) >= 11 is 0. The summed E-state index contributed by atoms with van der Waals surface area (Å²) < 4.78 is 1.92. The first kappa shape index (κ1) is 9.09. The van der Waals surface area contributed by atoms with E-state index < -0.39 is 0 Å². The van der Waals surface area contributed by atoms with E-state index in [1.165, 1.54) is 10.8 Å². The van der Waals surface area contributed by atoms with Gasteiger partial charge in [0.15, 0.2) is 0 Å². The van der Waals surface area contributed by atoms with Gasteiger partial charge in [-0.05, 0) is 18.4 Å². The summed E-state index contributed by atoms with van der Waals surface area (Å²) in [6, 6.07) is 10.3. The highest BCUT2D eigenvalue weighted by molar-refractivity contribution is 5.85. The third-order valence-corrected chi connectivity index (χ3v) is 2.69. The molecule has 3 rings (SSSR count). The van der Waals surface area contributed by atoms with Crippen LogP contribution < -0.4 is 0 Å². The molecule has 0 radical (unpaired) electrons. The van der Waals surface area contributed by atoms with Crippen molar-refractivity contribution < 1.29 is 0 Å². The zero-order valence-corrected chi connectivity index (χ0v) is 8.96. The number of aromatic nitrogens is 3. The Hall–Kier alpha value is -2.16. The fraction of sp³-hybridized carbons (Fsp3) is 0.0769. The van der Waals surface area contributed by atoms with Crippen molar-refractivity contribution in [2.45, 2.75) is 6.92 Å². The molecule has 0 amide bonds. The quantitative estimate of drug-likeness (QED) is 0.617. The molecule has 1 aromatic carbocycles. The van der Waals surface area contributed by atoms with Crippen LogP contribution in [0.3, 0.4) is 0 Å². The second-order valence-electron chi connectivity index (χ2n) is 3.76. The van der Waals surface area contributed by atoms with Gasteiger partial charge in [0, 0.05) is 23.5 Å². The monoisotopic (exact) mass is 209 g/mol. The number of pyridine rings is 1. The lowest BCUT2D eigenvalue weighted by atomic mass is 10.1. The number of hydrogen-bond donors (Lipinski definition) is 0. The highest BCUT2D eigenvalue weighted by Gasteiger charge is 2.02. The fourth-order valence-corrected chi connectivity index (χ4v) is 1.88. The van der Waals surface area contributed by atoms with Gasteiger partial charge in [-0.2, -0.15) is 0 Å². The van der Waals surface area contributed by atoms with Gasteiger partial charge in [0.1, 0.15) is 12.1 Å². The first-order chi connectivity index (χ1) is 7.84. The van der Waals surface area contributed by atoms with Crippen LogP contribution in [0.15, 0.2) is 49.1 Å². The summed E-state index contributed by atoms with van der Waals surface area (Å²) in [5.74, 6) is 0.911. The number of rotatable bonds is 1. The van der Waals surface area contributed by atoms with Crippen molar-refractivity contribution in [2.75, 3.05) is 0 Å². The van der Waals surface area contributed by atoms with Gasteiger partial charge in [0.05, 0.1) is 0 Å². The topological polar surface area (TPSA) is 30.7 Å². The average Bonchev–Trinajstić information content (AvgIpc) is 2.82. The fourth-order valence-electron chi connectivity index (χ4n) is 1.88. The Morgan fingerprint density at radius 1 is 1.19 bits per heavy atom. The van der Waals surface area contributed by atoms with Crippen molar-refractivity contribution in [3.05, 3.63) is 54.7 Å². The van der Waals surface area contributed by atoms with Crippen molar-refractivity contribution in [3.63, 3.8) is 0 Å². The Labute approximate surface area is 93.4 Å². The molecule has 3 aromatic rings. The minimum absolute atomic E-state index is 0.911. The number of aryl methyl sites for hydroxylation is 1. The molecule has 0 aliphatic carbocycles. The van der Waals surface area contributed by atoms with E-state index in [9.17, 15) is 0 Å². The van der Waals surface area contributed by atoms with Crippen LogP contribution in [0.25, 0.3) is 16.6 Å². The van der Waals surface area contributed by atoms with Crippen LogP contribution in [-0.2, 0) is 0 Å². The SMILES string of the molecule is Cc1nc(-n2ccnc2)cc2ccccc12. The number of imidazole rings is 1. The van der Waals surface area contributed by atoms with Gasteiger partial charge in [-0.3, -0.25) is 4.57 Å². The number of nitrogens with zero attached hydrogens (tertiary/aromatic N) is 3. The molecule has 0 aliphatic heterocycles. The molecule has 2 aromatic heterocycles. The van der Waals surface area contributed by atoms with Crippen LogP contribution in [-0.4, -0.2) is 14.5 Å². The standard InChI is InChI=1S/C13H11N3/c1-10-12-5-3-2-4-11(12)8-13(15-10)16-7-6-14-9-16/h2-9H,1H3. The van der Waals surface area contributed by atoms with E-state index in [-0.39, 0.29) is 0 Å². The predicted molar refractivity (Wildman–Crippen MR) is 63.6 cm³/mol. The largest absolute Gasteiger partial charge is 0.291 e. The maximum atomic E-state index is 4.57. The van der Waals surface area contributed by atoms with E-state index in [0.717, 1.165) is 11.5 Å². The number of fused-ring (bicyclic) bond motifs is 1. The first-order valence-corrected chi connectivity index (χ1v) is 5.19. The van der Waals surface area contributed by atoms with Crippen molar-refractivity contribution >= 4 is 10.8 Å². The molecular formula is C13H11N3. The van der Waals surface area contributed by atoms with Crippen LogP contribution in [0.4, 0.5) is 0 Å². The summed E-state index contributed by atoms with van der Waals surface area (Å²) in [6.07, 6.45) is 5.42. The number of benzene rings is 1. The summed E-state index contributed by atoms with van der Waals surface area (Å²) in [6.45, 7) is 2.03. The normalized spacial score (nSPS) is 10.8. The lowest BCUT2D eigenvalue weighted by Gasteiger charge is -2.06. The minimum atomic E-state index is 0.911. The molecule has 0 saturated carbocycles. The van der Waals surface area contributed by atoms with E-state index in [2.05, 4.69) is 28.2 Å². The summed E-state index contributed by atoms with van der Waals surface area (Å²) in [5.41, 5.74) is 1.04. The van der Waals surface area contributed by atoms with Gasteiger partial charge < -0.3 is 0 Å². The van der Waals surface area contributed by atoms with Gasteiger partial charge in [0.25, 0.3) is 0 Å². The Kier molecular flexibility index (Phi) is 1.96. The van der Waals surface area contributed by atoms with E-state index >= 15 is 0 Å². The molecular weight excluding hydrogens is 198 g/mol. The van der Waals surface area contributed by atoms with E-state index in [0.29, 0.717) is 0 Å². The lowest BCUT2D eigenvalue weighted by Crippen LogP contribution is -1.96. The highest BCUT2D eigenvalue weighted by atomic mass is 15.1. The number of hydrogen-bond acceptors (Lipinski definition) is 2. The van der Waals surface area contributed by atoms with Gasteiger partial charge in [-0.15, -0.1) is 0 Å². The van der Waals surface area contributed by atoms with Gasteiger partial charge in [0.2, 0.25) is 0 Å². The van der Waals surface area contributed by atoms with Crippen molar-refractivity contribution in [2.24, 2.45) is 0 Å². The molecule has 3 heteroatoms. The van der Waals surface area contributed by atoms with Crippen LogP contribution in [0.1, 0.15) is 5.69 Å². The average molecular weight is 209 g/mol. The molecule has 0 saturated heterocycles. The van der Waals surface area contributed by atoms with Crippen molar-refractivity contribution in [1.29, 1.82) is 0 Å². The Morgan fingerprint density at radius 3 is 2.88 bits per heavy atom. The Bertz CT molecular complexity index is 627. The predicted octanol–water partition coefficient (Wildman–Crippen LogP) is 2.73. The van der Waals surface area contributed by atoms with E-state index in [4.69, 9.17) is 0 Å². The molecule has 0 bridgehead atoms. The molecule has 0 aliphatic rings. The second-order valence-corrected chi connectivity index (χ2v) is 3.76. The zero-order chi connectivity index (χ0) is 11.0. The molecule has 2 heterocycles. The first-order valence-electron chi connectivity index (χ1n) is 5.19. The smallest absolute Gasteiger partial charge is 0.138 e. The Morgan fingerprint density at radius 2 is 2.06 bits per heavy atom. The van der Waals surface area contributed by atoms with Crippen LogP contribution in [0, 0.1) is 6.92 Å². The molecule has 0 N–H and O–H groups in total. The maximum absolute atomic E-state index is 4.57. The molecule has 16 heavy (non-hydrogen) atoms. The van der Waals surface area contributed by atoms with E-state index in [1.54, 1.807) is 12.5 Å². The second kappa shape index (κ2) is 3.45. The molecule has 78 valence electrons. The Balaban J connectivity index is 2.29. The summed E-state index contributed by atoms with van der Waals surface area (Å²) in [7, 11) is 0. The summed E-state index contributed by atoms with van der Waals surface area (Å²) in [5, 5.41) is 2.41. The highest BCUT2D eigenvalue weighted by Crippen LogP contribution is 2.19. The third-order valence-electron chi connectivity index (χ3n) is 2.69. The molecule has 0 atom stereocenters. The lowest BCUT2D eigenvalue weighted by molar-refractivity contribution is 0.984. The maximum Gasteiger partial charge on any atom is 0.138 e. The zero-order valence-electron chi connectivity index (χ0n) is 8.96. The van der Waals surface area contributed by atoms with Crippen molar-refractivity contribution in [1.82, 2.24) is 14.5 Å². The minimum Gasteiger partial charge on any atom is -0.291 e. The van der Waals surface area contributed by atoms with Gasteiger partial charge in [-0.1, -0.05) is 24.3 Å². The van der Waals surface area contributed by atoms with Crippen LogP contribution in [0.2, 0.25) is 0 Å². The van der Waals surface area contributed by atoms with Gasteiger partial charge >= 0.3 is 0 Å².